The van der Waals surface area contributed by atoms with Crippen molar-refractivity contribution >= 4 is 5.97 Å². The molecule has 0 saturated heterocycles. The molecule has 0 aromatic heterocycles. The number of carbonyl (C=O) groups excluding carboxylic acids is 1. The second-order valence-corrected chi connectivity index (χ2v) is 3.86. The van der Waals surface area contributed by atoms with Crippen LogP contribution in [0.15, 0.2) is 24.3 Å². The van der Waals surface area contributed by atoms with Gasteiger partial charge in [0.05, 0.1) is 19.6 Å². The first-order valence-electron chi connectivity index (χ1n) is 5.50. The fourth-order valence-corrected chi connectivity index (χ4v) is 1.65. The van der Waals surface area contributed by atoms with E-state index < -0.39 is 12.4 Å². The summed E-state index contributed by atoms with van der Waals surface area (Å²) >= 11 is 0. The third-order valence-corrected chi connectivity index (χ3v) is 2.48. The summed E-state index contributed by atoms with van der Waals surface area (Å²) in [5, 5.41) is 9.29. The number of benzene rings is 1. The Morgan fingerprint density at radius 2 is 2.06 bits per heavy atom. The lowest BCUT2D eigenvalue weighted by Gasteiger charge is -2.20. The fraction of sp³-hybridized carbons (Fsp3) is 0.462. The Balaban J connectivity index is 2.89. The highest BCUT2D eigenvalue weighted by Gasteiger charge is 2.20. The molecule has 0 fully saturated rings. The highest BCUT2D eigenvalue weighted by atomic mass is 16.6. The van der Waals surface area contributed by atoms with Gasteiger partial charge in [0.25, 0.3) is 0 Å². The summed E-state index contributed by atoms with van der Waals surface area (Å²) in [5.41, 5.74) is 1.90. The Hall–Kier alpha value is -1.39. The second kappa shape index (κ2) is 6.37. The van der Waals surface area contributed by atoms with E-state index in [1.807, 2.05) is 31.2 Å². The summed E-state index contributed by atoms with van der Waals surface area (Å²) in [5.74, 6) is -0.362. The van der Waals surface area contributed by atoms with Gasteiger partial charge >= 0.3 is 5.97 Å². The molecule has 0 heterocycles. The number of esters is 1. The molecule has 4 nitrogen and oxygen atoms in total. The van der Waals surface area contributed by atoms with E-state index in [2.05, 4.69) is 4.74 Å². The highest BCUT2D eigenvalue weighted by molar-refractivity contribution is 5.70. The van der Waals surface area contributed by atoms with Crippen LogP contribution in [0.25, 0.3) is 0 Å². The molecule has 0 spiro atoms. The van der Waals surface area contributed by atoms with Crippen LogP contribution in [0.4, 0.5) is 0 Å². The Bertz CT molecular complexity index is 373. The van der Waals surface area contributed by atoms with E-state index in [0.29, 0.717) is 0 Å². The molecule has 1 aromatic rings. The SMILES string of the molecule is COC(=O)CC(OC(C)O)c1ccccc1C. The molecule has 0 bridgehead atoms. The first kappa shape index (κ1) is 13.7. The van der Waals surface area contributed by atoms with Crippen molar-refractivity contribution in [2.45, 2.75) is 32.7 Å². The maximum absolute atomic E-state index is 11.3. The molecule has 4 heteroatoms. The monoisotopic (exact) mass is 238 g/mol. The number of methoxy groups -OCH3 is 1. The summed E-state index contributed by atoms with van der Waals surface area (Å²) in [6.07, 6.45) is -1.32. The average Bonchev–Trinajstić information content (AvgIpc) is 2.28. The number of hydrogen-bond acceptors (Lipinski definition) is 4. The van der Waals surface area contributed by atoms with E-state index in [4.69, 9.17) is 4.74 Å². The van der Waals surface area contributed by atoms with Crippen molar-refractivity contribution in [3.8, 4) is 0 Å². The standard InChI is InChI=1S/C13H18O4/c1-9-6-4-5-7-11(9)12(17-10(2)14)8-13(15)16-3/h4-7,10,12,14H,8H2,1-3H3. The van der Waals surface area contributed by atoms with Gasteiger partial charge in [-0.2, -0.15) is 0 Å². The normalized spacial score (nSPS) is 14.1. The van der Waals surface area contributed by atoms with Crippen molar-refractivity contribution in [3.63, 3.8) is 0 Å². The molecular weight excluding hydrogens is 220 g/mol. The minimum absolute atomic E-state index is 0.0895. The molecule has 0 saturated carbocycles. The molecule has 0 aliphatic carbocycles. The third-order valence-electron chi connectivity index (χ3n) is 2.48. The van der Waals surface area contributed by atoms with Gasteiger partial charge in [0.15, 0.2) is 6.29 Å². The second-order valence-electron chi connectivity index (χ2n) is 3.86. The van der Waals surface area contributed by atoms with Crippen molar-refractivity contribution < 1.29 is 19.4 Å². The van der Waals surface area contributed by atoms with Crippen LogP contribution >= 0.6 is 0 Å². The van der Waals surface area contributed by atoms with E-state index in [9.17, 15) is 9.90 Å². The maximum Gasteiger partial charge on any atom is 0.308 e. The van der Waals surface area contributed by atoms with Crippen LogP contribution in [0.1, 0.15) is 30.6 Å². The molecule has 94 valence electrons. The summed E-state index contributed by atoms with van der Waals surface area (Å²) in [6, 6.07) is 7.60. The molecular formula is C13H18O4. The van der Waals surface area contributed by atoms with E-state index >= 15 is 0 Å². The number of carbonyl (C=O) groups is 1. The van der Waals surface area contributed by atoms with Crippen molar-refractivity contribution in [3.05, 3.63) is 35.4 Å². The van der Waals surface area contributed by atoms with Crippen LogP contribution in [0, 0.1) is 6.92 Å². The number of rotatable bonds is 5. The topological polar surface area (TPSA) is 55.8 Å². The molecule has 0 aliphatic heterocycles. The van der Waals surface area contributed by atoms with Crippen LogP contribution in [0.2, 0.25) is 0 Å². The number of aryl methyl sites for hydroxylation is 1. The van der Waals surface area contributed by atoms with Gasteiger partial charge in [-0.25, -0.2) is 0 Å². The average molecular weight is 238 g/mol. The lowest BCUT2D eigenvalue weighted by Crippen LogP contribution is -2.17. The van der Waals surface area contributed by atoms with Crippen LogP contribution in [0.3, 0.4) is 0 Å². The number of aliphatic hydroxyl groups is 1. The Kier molecular flexibility index (Phi) is 5.12. The van der Waals surface area contributed by atoms with Crippen molar-refractivity contribution in [2.24, 2.45) is 0 Å². The number of aliphatic hydroxyl groups excluding tert-OH is 1. The first-order chi connectivity index (χ1) is 8.04. The van der Waals surface area contributed by atoms with E-state index in [1.54, 1.807) is 0 Å². The summed E-state index contributed by atoms with van der Waals surface area (Å²) in [6.45, 7) is 3.45. The molecule has 1 aromatic carbocycles. The molecule has 1 rings (SSSR count). The lowest BCUT2D eigenvalue weighted by molar-refractivity contribution is -0.155. The van der Waals surface area contributed by atoms with Crippen molar-refractivity contribution in [2.75, 3.05) is 7.11 Å². The van der Waals surface area contributed by atoms with Gasteiger partial charge in [-0.15, -0.1) is 0 Å². The number of ether oxygens (including phenoxy) is 2. The predicted octanol–water partition coefficient (Wildman–Crippen LogP) is 1.95. The van der Waals surface area contributed by atoms with Crippen LogP contribution in [-0.4, -0.2) is 24.5 Å². The number of hydrogen-bond donors (Lipinski definition) is 1. The highest BCUT2D eigenvalue weighted by Crippen LogP contribution is 2.25. The third kappa shape index (κ3) is 4.17. The predicted molar refractivity (Wildman–Crippen MR) is 63.3 cm³/mol. The molecule has 0 radical (unpaired) electrons. The Morgan fingerprint density at radius 1 is 1.41 bits per heavy atom. The molecule has 17 heavy (non-hydrogen) atoms. The zero-order valence-electron chi connectivity index (χ0n) is 10.3. The van der Waals surface area contributed by atoms with Gasteiger partial charge in [0.1, 0.15) is 0 Å². The molecule has 0 amide bonds. The van der Waals surface area contributed by atoms with Gasteiger partial charge in [-0.05, 0) is 25.0 Å². The van der Waals surface area contributed by atoms with Gasteiger partial charge in [0.2, 0.25) is 0 Å². The van der Waals surface area contributed by atoms with E-state index in [-0.39, 0.29) is 12.4 Å². The molecule has 1 N–H and O–H groups in total. The van der Waals surface area contributed by atoms with Crippen LogP contribution < -0.4 is 0 Å². The lowest BCUT2D eigenvalue weighted by atomic mass is 10.0. The first-order valence-corrected chi connectivity index (χ1v) is 5.50. The van der Waals surface area contributed by atoms with Gasteiger partial charge in [0, 0.05) is 0 Å². The smallest absolute Gasteiger partial charge is 0.308 e. The largest absolute Gasteiger partial charge is 0.469 e. The minimum Gasteiger partial charge on any atom is -0.469 e. The maximum atomic E-state index is 11.3. The summed E-state index contributed by atoms with van der Waals surface area (Å²) in [4.78, 5) is 11.3. The summed E-state index contributed by atoms with van der Waals surface area (Å²) < 4.78 is 9.97. The van der Waals surface area contributed by atoms with Gasteiger partial charge in [-0.3, -0.25) is 4.79 Å². The summed E-state index contributed by atoms with van der Waals surface area (Å²) in [7, 11) is 1.33. The van der Waals surface area contributed by atoms with Gasteiger partial charge < -0.3 is 14.6 Å². The van der Waals surface area contributed by atoms with Crippen LogP contribution in [-0.2, 0) is 14.3 Å². The molecule has 2 atom stereocenters. The van der Waals surface area contributed by atoms with E-state index in [0.717, 1.165) is 11.1 Å². The zero-order chi connectivity index (χ0) is 12.8. The fourth-order valence-electron chi connectivity index (χ4n) is 1.65. The molecule has 0 aliphatic rings. The minimum atomic E-state index is -0.927. The van der Waals surface area contributed by atoms with E-state index in [1.165, 1.54) is 14.0 Å². The van der Waals surface area contributed by atoms with Gasteiger partial charge in [-0.1, -0.05) is 24.3 Å². The Morgan fingerprint density at radius 3 is 2.59 bits per heavy atom. The quantitative estimate of drug-likeness (QED) is 0.629. The van der Waals surface area contributed by atoms with Crippen molar-refractivity contribution in [1.82, 2.24) is 0 Å². The van der Waals surface area contributed by atoms with Crippen molar-refractivity contribution in [1.29, 1.82) is 0 Å². The zero-order valence-corrected chi connectivity index (χ0v) is 10.3. The Labute approximate surface area is 101 Å². The van der Waals surface area contributed by atoms with Crippen LogP contribution in [0.5, 0.6) is 0 Å². The molecule has 2 unspecified atom stereocenters.